The van der Waals surface area contributed by atoms with E-state index in [0.29, 0.717) is 29.9 Å². The molecule has 7 rings (SSSR count). The van der Waals surface area contributed by atoms with Crippen LogP contribution in [0.5, 0.6) is 6.01 Å². The summed E-state index contributed by atoms with van der Waals surface area (Å²) in [6.07, 6.45) is 6.52. The van der Waals surface area contributed by atoms with Crippen molar-refractivity contribution in [1.29, 1.82) is 0 Å². The number of likely N-dealkylation sites (tertiary alicyclic amines) is 1. The number of amides is 1. The van der Waals surface area contributed by atoms with E-state index < -0.39 is 0 Å². The van der Waals surface area contributed by atoms with E-state index in [0.717, 1.165) is 72.3 Å². The molecule has 0 aliphatic carbocycles. The highest BCUT2D eigenvalue weighted by Gasteiger charge is 2.27. The van der Waals surface area contributed by atoms with Crippen LogP contribution in [0, 0.1) is 13.8 Å². The van der Waals surface area contributed by atoms with Gasteiger partial charge < -0.3 is 31.0 Å². The number of fused-ring (bicyclic) bond motifs is 1. The van der Waals surface area contributed by atoms with Crippen molar-refractivity contribution in [2.75, 3.05) is 54.0 Å². The number of hydrogen-bond donors (Lipinski definition) is 4. The Hall–Kier alpha value is -5.31. The van der Waals surface area contributed by atoms with E-state index in [9.17, 15) is 4.79 Å². The second kappa shape index (κ2) is 12.2. The maximum Gasteiger partial charge on any atom is 0.323 e. The predicted octanol–water partition coefficient (Wildman–Crippen LogP) is 3.18. The highest BCUT2D eigenvalue weighted by atomic mass is 16.5. The third-order valence-corrected chi connectivity index (χ3v) is 8.45. The molecule has 2 aliphatic rings. The maximum atomic E-state index is 13.2. The fourth-order valence-electron chi connectivity index (χ4n) is 6.02. The molecule has 5 aromatic rings. The van der Waals surface area contributed by atoms with Crippen LogP contribution in [0.2, 0.25) is 0 Å². The highest BCUT2D eigenvalue weighted by molar-refractivity contribution is 6.06. The molecule has 4 aromatic heterocycles. The SMILES string of the molecule is Cc1cnc(Nc2cc(C)n(C)n2)nc1-c1c[nH]c2c(NC(=O)CN3CCC(Oc4nc(N)nc(N5CCCC5)n4)C3)cccc12. The van der Waals surface area contributed by atoms with Crippen molar-refractivity contribution in [3.05, 3.63) is 47.9 Å². The van der Waals surface area contributed by atoms with Crippen LogP contribution in [0.15, 0.2) is 36.7 Å². The van der Waals surface area contributed by atoms with E-state index in [4.69, 9.17) is 15.5 Å². The Bertz CT molecular complexity index is 1880. The van der Waals surface area contributed by atoms with E-state index in [1.54, 1.807) is 10.9 Å². The molecule has 1 unspecified atom stereocenters. The average Bonchev–Trinajstić information content (AvgIpc) is 3.83. The number of hydrogen-bond acceptors (Lipinski definition) is 12. The van der Waals surface area contributed by atoms with E-state index >= 15 is 0 Å². The molecule has 0 spiro atoms. The molecule has 46 heavy (non-hydrogen) atoms. The van der Waals surface area contributed by atoms with Gasteiger partial charge in [-0.05, 0) is 44.7 Å². The Kier molecular flexibility index (Phi) is 7.82. The van der Waals surface area contributed by atoms with Gasteiger partial charge in [0.15, 0.2) is 5.82 Å². The van der Waals surface area contributed by atoms with Gasteiger partial charge in [0, 0.05) is 68.3 Å². The van der Waals surface area contributed by atoms with Gasteiger partial charge in [0.25, 0.3) is 0 Å². The van der Waals surface area contributed by atoms with Crippen molar-refractivity contribution < 1.29 is 9.53 Å². The minimum Gasteiger partial charge on any atom is -0.459 e. The lowest BCUT2D eigenvalue weighted by Gasteiger charge is -2.18. The Balaban J connectivity index is 1.00. The maximum absolute atomic E-state index is 13.2. The number of nitrogens with one attached hydrogen (secondary N) is 3. The molecule has 2 fully saturated rings. The van der Waals surface area contributed by atoms with Gasteiger partial charge in [0.1, 0.15) is 6.10 Å². The number of aromatic nitrogens is 8. The monoisotopic (exact) mass is 623 g/mol. The molecule has 2 saturated heterocycles. The number of H-pyrrole nitrogens is 1. The average molecular weight is 624 g/mol. The number of ether oxygens (including phenoxy) is 1. The summed E-state index contributed by atoms with van der Waals surface area (Å²) in [7, 11) is 1.89. The molecule has 1 atom stereocenters. The number of rotatable bonds is 9. The topological polar surface area (TPSA) is 181 Å². The summed E-state index contributed by atoms with van der Waals surface area (Å²) in [6.45, 7) is 7.29. The summed E-state index contributed by atoms with van der Waals surface area (Å²) in [4.78, 5) is 42.9. The number of nitrogens with two attached hydrogens (primary N) is 1. The van der Waals surface area contributed by atoms with Crippen LogP contribution in [-0.2, 0) is 11.8 Å². The van der Waals surface area contributed by atoms with Gasteiger partial charge in [-0.1, -0.05) is 12.1 Å². The predicted molar refractivity (Wildman–Crippen MR) is 175 cm³/mol. The lowest BCUT2D eigenvalue weighted by atomic mass is 10.1. The number of aromatic amines is 1. The number of benzene rings is 1. The Morgan fingerprint density at radius 2 is 1.98 bits per heavy atom. The molecule has 0 saturated carbocycles. The standard InChI is InChI=1S/C31H37N13O2/c1-18-14-34-29(36-24-13-19(2)42(3)41-24)37-26(18)22-15-33-27-21(22)7-6-8-23(27)35-25(45)17-43-12-9-20(16-43)46-31-39-28(32)38-30(40-31)44-10-4-5-11-44/h6-8,13-15,20,33H,4-5,9-12,16-17H2,1-3H3,(H,35,45)(H2,32,38,39,40)(H,34,36,37,41). The fourth-order valence-corrected chi connectivity index (χ4v) is 6.02. The first-order chi connectivity index (χ1) is 22.3. The van der Waals surface area contributed by atoms with Crippen molar-refractivity contribution in [3.63, 3.8) is 0 Å². The van der Waals surface area contributed by atoms with E-state index in [1.165, 1.54) is 0 Å². The molecule has 1 aromatic carbocycles. The zero-order valence-corrected chi connectivity index (χ0v) is 26.1. The number of nitrogen functional groups attached to an aromatic ring is 1. The van der Waals surface area contributed by atoms with Crippen molar-refractivity contribution in [2.24, 2.45) is 7.05 Å². The Labute approximate surface area is 265 Å². The number of aryl methyl sites for hydroxylation is 3. The third-order valence-electron chi connectivity index (χ3n) is 8.45. The lowest BCUT2D eigenvalue weighted by Crippen LogP contribution is -2.33. The van der Waals surface area contributed by atoms with Gasteiger partial charge >= 0.3 is 6.01 Å². The quantitative estimate of drug-likeness (QED) is 0.189. The molecule has 2 aliphatic heterocycles. The minimum absolute atomic E-state index is 0.111. The van der Waals surface area contributed by atoms with Crippen LogP contribution in [0.4, 0.5) is 29.4 Å². The van der Waals surface area contributed by atoms with Gasteiger partial charge in [-0.15, -0.1) is 0 Å². The first-order valence-electron chi connectivity index (χ1n) is 15.5. The van der Waals surface area contributed by atoms with Gasteiger partial charge in [0.05, 0.1) is 23.4 Å². The zero-order chi connectivity index (χ0) is 31.8. The zero-order valence-electron chi connectivity index (χ0n) is 26.1. The molecule has 15 nitrogen and oxygen atoms in total. The van der Waals surface area contributed by atoms with Gasteiger partial charge in [0.2, 0.25) is 23.8 Å². The van der Waals surface area contributed by atoms with Gasteiger partial charge in [-0.2, -0.15) is 20.1 Å². The summed E-state index contributed by atoms with van der Waals surface area (Å²) in [5.74, 6) is 1.73. The molecule has 238 valence electrons. The van der Waals surface area contributed by atoms with Crippen LogP contribution in [0.3, 0.4) is 0 Å². The molecule has 0 radical (unpaired) electrons. The summed E-state index contributed by atoms with van der Waals surface area (Å²) in [6, 6.07) is 8.00. The van der Waals surface area contributed by atoms with Crippen LogP contribution >= 0.6 is 0 Å². The molecule has 0 bridgehead atoms. The van der Waals surface area contributed by atoms with Crippen LogP contribution in [-0.4, -0.2) is 89.3 Å². The van der Waals surface area contributed by atoms with Crippen LogP contribution in [0.25, 0.3) is 22.2 Å². The summed E-state index contributed by atoms with van der Waals surface area (Å²) in [5.41, 5.74) is 11.1. The normalized spacial score (nSPS) is 16.8. The largest absolute Gasteiger partial charge is 0.459 e. The van der Waals surface area contributed by atoms with E-state index in [-0.39, 0.29) is 30.5 Å². The smallest absolute Gasteiger partial charge is 0.323 e. The Morgan fingerprint density at radius 3 is 2.78 bits per heavy atom. The number of nitrogens with zero attached hydrogens (tertiary/aromatic N) is 9. The molecular formula is C31H37N13O2. The minimum atomic E-state index is -0.146. The summed E-state index contributed by atoms with van der Waals surface area (Å²) >= 11 is 0. The summed E-state index contributed by atoms with van der Waals surface area (Å²) in [5, 5.41) is 11.7. The van der Waals surface area contributed by atoms with Crippen molar-refractivity contribution in [3.8, 4) is 17.3 Å². The molecule has 6 heterocycles. The fraction of sp³-hybridized carbons (Fsp3) is 0.387. The Morgan fingerprint density at radius 1 is 1.13 bits per heavy atom. The van der Waals surface area contributed by atoms with E-state index in [1.807, 2.05) is 51.4 Å². The summed E-state index contributed by atoms with van der Waals surface area (Å²) < 4.78 is 7.87. The highest BCUT2D eigenvalue weighted by Crippen LogP contribution is 2.33. The molecule has 1 amide bonds. The van der Waals surface area contributed by atoms with Crippen LogP contribution < -0.4 is 26.0 Å². The first-order valence-corrected chi connectivity index (χ1v) is 15.5. The number of carbonyl (C=O) groups excluding carboxylic acids is 1. The molecular weight excluding hydrogens is 586 g/mol. The van der Waals surface area contributed by atoms with Crippen molar-refractivity contribution in [1.82, 2.24) is 44.6 Å². The second-order valence-corrected chi connectivity index (χ2v) is 11.9. The van der Waals surface area contributed by atoms with E-state index in [2.05, 4.69) is 50.5 Å². The second-order valence-electron chi connectivity index (χ2n) is 11.9. The van der Waals surface area contributed by atoms with Gasteiger partial charge in [-0.25, -0.2) is 9.97 Å². The number of carbonyl (C=O) groups is 1. The van der Waals surface area contributed by atoms with Crippen molar-refractivity contribution >= 4 is 46.2 Å². The van der Waals surface area contributed by atoms with Crippen molar-refractivity contribution in [2.45, 2.75) is 39.2 Å². The number of anilines is 5. The lowest BCUT2D eigenvalue weighted by molar-refractivity contribution is -0.117. The van der Waals surface area contributed by atoms with Gasteiger partial charge in [-0.3, -0.25) is 14.4 Å². The third kappa shape index (κ3) is 6.13. The molecule has 15 heteroatoms. The van der Waals surface area contributed by atoms with Crippen LogP contribution in [0.1, 0.15) is 30.5 Å². The first kappa shape index (κ1) is 29.4. The molecule has 5 N–H and O–H groups in total. The number of para-hydroxylation sites is 1.